The van der Waals surface area contributed by atoms with Gasteiger partial charge in [0.15, 0.2) is 0 Å². The van der Waals surface area contributed by atoms with Crippen LogP contribution in [0.3, 0.4) is 0 Å². The number of hydrogen-bond acceptors (Lipinski definition) is 3. The molecule has 1 aromatic carbocycles. The Bertz CT molecular complexity index is 582. The van der Waals surface area contributed by atoms with Gasteiger partial charge in [-0.2, -0.15) is 0 Å². The molecule has 3 nitrogen and oxygen atoms in total. The summed E-state index contributed by atoms with van der Waals surface area (Å²) >= 11 is 12.1. The van der Waals surface area contributed by atoms with Crippen molar-refractivity contribution in [2.24, 2.45) is 0 Å². The fourth-order valence-electron chi connectivity index (χ4n) is 1.59. The molecule has 0 radical (unpaired) electrons. The second-order valence-corrected chi connectivity index (χ2v) is 4.60. The van der Waals surface area contributed by atoms with Crippen molar-refractivity contribution >= 4 is 29.0 Å². The zero-order valence-corrected chi connectivity index (χ0v) is 11.0. The van der Waals surface area contributed by atoms with Crippen molar-refractivity contribution in [2.45, 2.75) is 13.8 Å². The predicted octanol–water partition coefficient (Wildman–Crippen LogP) is 3.65. The Morgan fingerprint density at radius 2 is 1.82 bits per heavy atom. The first-order chi connectivity index (χ1) is 7.99. The summed E-state index contributed by atoms with van der Waals surface area (Å²) in [4.78, 5) is 8.47. The van der Waals surface area contributed by atoms with E-state index in [2.05, 4.69) is 9.97 Å². The lowest BCUT2D eigenvalue weighted by Gasteiger charge is -2.10. The molecule has 0 amide bonds. The van der Waals surface area contributed by atoms with E-state index in [1.165, 1.54) is 0 Å². The Morgan fingerprint density at radius 3 is 2.53 bits per heavy atom. The van der Waals surface area contributed by atoms with Crippen LogP contribution in [0.25, 0.3) is 11.3 Å². The predicted molar refractivity (Wildman–Crippen MR) is 71.4 cm³/mol. The Morgan fingerprint density at radius 1 is 1.12 bits per heavy atom. The van der Waals surface area contributed by atoms with Crippen LogP contribution in [-0.4, -0.2) is 9.97 Å². The van der Waals surface area contributed by atoms with Crippen LogP contribution in [-0.2, 0) is 0 Å². The van der Waals surface area contributed by atoms with Gasteiger partial charge >= 0.3 is 0 Å². The third-order valence-corrected chi connectivity index (χ3v) is 3.04. The summed E-state index contributed by atoms with van der Waals surface area (Å²) in [6, 6.07) is 5.25. The van der Waals surface area contributed by atoms with Crippen LogP contribution in [0.1, 0.15) is 11.4 Å². The van der Waals surface area contributed by atoms with Crippen molar-refractivity contribution in [3.05, 3.63) is 39.6 Å². The number of nitrogens with zero attached hydrogens (tertiary/aromatic N) is 2. The number of aryl methyl sites for hydroxylation is 1. The minimum atomic E-state index is 0.462. The molecule has 17 heavy (non-hydrogen) atoms. The average Bonchev–Trinajstić information content (AvgIpc) is 2.27. The molecule has 0 saturated heterocycles. The van der Waals surface area contributed by atoms with Crippen molar-refractivity contribution < 1.29 is 0 Å². The lowest BCUT2D eigenvalue weighted by atomic mass is 10.1. The molecule has 5 heteroatoms. The van der Waals surface area contributed by atoms with Crippen molar-refractivity contribution in [3.63, 3.8) is 0 Å². The molecule has 0 atom stereocenters. The highest BCUT2D eigenvalue weighted by atomic mass is 35.5. The maximum Gasteiger partial charge on any atom is 0.130 e. The number of benzene rings is 1. The summed E-state index contributed by atoms with van der Waals surface area (Å²) in [7, 11) is 0. The molecule has 0 spiro atoms. The molecule has 2 N–H and O–H groups in total. The average molecular weight is 268 g/mol. The Balaban J connectivity index is 2.72. The monoisotopic (exact) mass is 267 g/mol. The fraction of sp³-hybridized carbons (Fsp3) is 0.167. The van der Waals surface area contributed by atoms with Crippen molar-refractivity contribution in [2.75, 3.05) is 5.73 Å². The highest BCUT2D eigenvalue weighted by molar-refractivity contribution is 6.35. The van der Waals surface area contributed by atoms with E-state index in [-0.39, 0.29) is 0 Å². The van der Waals surface area contributed by atoms with Crippen LogP contribution in [0.5, 0.6) is 0 Å². The quantitative estimate of drug-likeness (QED) is 0.858. The van der Waals surface area contributed by atoms with Crippen molar-refractivity contribution in [1.82, 2.24) is 9.97 Å². The van der Waals surface area contributed by atoms with Crippen LogP contribution in [0.15, 0.2) is 18.2 Å². The SMILES string of the molecule is Cc1nc(N)c(C)c(-c2cc(Cl)ccc2Cl)n1. The van der Waals surface area contributed by atoms with Gasteiger partial charge in [-0.15, -0.1) is 0 Å². The summed E-state index contributed by atoms with van der Waals surface area (Å²) in [5.41, 5.74) is 8.12. The van der Waals surface area contributed by atoms with Gasteiger partial charge < -0.3 is 5.73 Å². The molecule has 0 aliphatic rings. The maximum atomic E-state index is 6.15. The zero-order chi connectivity index (χ0) is 12.6. The minimum Gasteiger partial charge on any atom is -0.383 e. The zero-order valence-electron chi connectivity index (χ0n) is 9.46. The van der Waals surface area contributed by atoms with Crippen LogP contribution >= 0.6 is 23.2 Å². The van der Waals surface area contributed by atoms with Gasteiger partial charge in [0.25, 0.3) is 0 Å². The first kappa shape index (κ1) is 12.1. The smallest absolute Gasteiger partial charge is 0.130 e. The van der Waals surface area contributed by atoms with Crippen LogP contribution < -0.4 is 5.73 Å². The van der Waals surface area contributed by atoms with Gasteiger partial charge in [0.2, 0.25) is 0 Å². The van der Waals surface area contributed by atoms with Gasteiger partial charge in [0.05, 0.1) is 10.7 Å². The molecule has 2 rings (SSSR count). The van der Waals surface area contributed by atoms with E-state index in [0.29, 0.717) is 21.7 Å². The molecule has 1 aromatic heterocycles. The third kappa shape index (κ3) is 2.35. The van der Waals surface area contributed by atoms with Gasteiger partial charge in [-0.1, -0.05) is 23.2 Å². The molecule has 0 bridgehead atoms. The number of aromatic nitrogens is 2. The molecule has 0 saturated carbocycles. The highest BCUT2D eigenvalue weighted by Crippen LogP contribution is 2.32. The first-order valence-corrected chi connectivity index (χ1v) is 5.81. The number of anilines is 1. The normalized spacial score (nSPS) is 10.6. The van der Waals surface area contributed by atoms with Gasteiger partial charge in [-0.25, -0.2) is 9.97 Å². The largest absolute Gasteiger partial charge is 0.383 e. The molecule has 0 unspecified atom stereocenters. The Hall–Kier alpha value is -1.32. The number of nitrogen functional groups attached to an aromatic ring is 1. The molecular formula is C12H11Cl2N3. The summed E-state index contributed by atoms with van der Waals surface area (Å²) in [6.07, 6.45) is 0. The van der Waals surface area contributed by atoms with E-state index in [9.17, 15) is 0 Å². The van der Waals surface area contributed by atoms with Crippen LogP contribution in [0, 0.1) is 13.8 Å². The molecule has 2 aromatic rings. The maximum absolute atomic E-state index is 6.15. The number of halogens is 2. The lowest BCUT2D eigenvalue weighted by Crippen LogP contribution is -2.02. The topological polar surface area (TPSA) is 51.8 Å². The van der Waals surface area contributed by atoms with E-state index in [0.717, 1.165) is 16.8 Å². The molecule has 0 aliphatic carbocycles. The molecular weight excluding hydrogens is 257 g/mol. The summed E-state index contributed by atoms with van der Waals surface area (Å²) < 4.78 is 0. The van der Waals surface area contributed by atoms with Gasteiger partial charge in [-0.3, -0.25) is 0 Å². The highest BCUT2D eigenvalue weighted by Gasteiger charge is 2.12. The van der Waals surface area contributed by atoms with Crippen LogP contribution in [0.4, 0.5) is 5.82 Å². The van der Waals surface area contributed by atoms with Gasteiger partial charge in [0.1, 0.15) is 11.6 Å². The number of rotatable bonds is 1. The second kappa shape index (κ2) is 4.51. The Labute approximate surface area is 110 Å². The Kier molecular flexibility index (Phi) is 3.22. The molecule has 0 fully saturated rings. The first-order valence-electron chi connectivity index (χ1n) is 5.05. The summed E-state index contributed by atoms with van der Waals surface area (Å²) in [6.45, 7) is 3.65. The van der Waals surface area contributed by atoms with Crippen molar-refractivity contribution in [3.8, 4) is 11.3 Å². The fourth-order valence-corrected chi connectivity index (χ4v) is 1.97. The van der Waals surface area contributed by atoms with E-state index < -0.39 is 0 Å². The second-order valence-electron chi connectivity index (χ2n) is 3.75. The van der Waals surface area contributed by atoms with Gasteiger partial charge in [0, 0.05) is 16.1 Å². The minimum absolute atomic E-state index is 0.462. The number of nitrogens with two attached hydrogens (primary N) is 1. The molecule has 0 aliphatic heterocycles. The third-order valence-electron chi connectivity index (χ3n) is 2.48. The van der Waals surface area contributed by atoms with E-state index in [4.69, 9.17) is 28.9 Å². The van der Waals surface area contributed by atoms with Crippen molar-refractivity contribution in [1.29, 1.82) is 0 Å². The van der Waals surface area contributed by atoms with E-state index in [1.807, 2.05) is 6.92 Å². The molecule has 1 heterocycles. The van der Waals surface area contributed by atoms with E-state index >= 15 is 0 Å². The lowest BCUT2D eigenvalue weighted by molar-refractivity contribution is 1.05. The summed E-state index contributed by atoms with van der Waals surface area (Å²) in [5.74, 6) is 1.07. The summed E-state index contributed by atoms with van der Waals surface area (Å²) in [5, 5.41) is 1.20. The number of hydrogen-bond donors (Lipinski definition) is 1. The standard InChI is InChI=1S/C12H11Cl2N3/c1-6-11(16-7(2)17-12(6)15)9-5-8(13)3-4-10(9)14/h3-5H,1-2H3,(H2,15,16,17). The van der Waals surface area contributed by atoms with Crippen LogP contribution in [0.2, 0.25) is 10.0 Å². The van der Waals surface area contributed by atoms with E-state index in [1.54, 1.807) is 25.1 Å². The molecule has 88 valence electrons. The van der Waals surface area contributed by atoms with Gasteiger partial charge in [-0.05, 0) is 32.0 Å².